The number of hydrogen-bond donors (Lipinski definition) is 1. The van der Waals surface area contributed by atoms with Crippen LogP contribution in [-0.4, -0.2) is 30.1 Å². The van der Waals surface area contributed by atoms with Gasteiger partial charge < -0.3 is 10.1 Å². The van der Waals surface area contributed by atoms with E-state index in [9.17, 15) is 4.79 Å². The molecule has 0 spiro atoms. The monoisotopic (exact) mass is 285 g/mol. The maximum atomic E-state index is 10.9. The molecule has 0 atom stereocenters. The summed E-state index contributed by atoms with van der Waals surface area (Å²) in [6.07, 6.45) is 2.22. The van der Waals surface area contributed by atoms with Gasteiger partial charge in [0.2, 0.25) is 5.91 Å². The van der Waals surface area contributed by atoms with Crippen LogP contribution >= 0.6 is 22.6 Å². The Morgan fingerprint density at radius 3 is 2.83 bits per heavy atom. The molecule has 0 aromatic rings. The van der Waals surface area contributed by atoms with E-state index in [1.807, 2.05) is 6.92 Å². The molecule has 0 fully saturated rings. The van der Waals surface area contributed by atoms with Crippen LogP contribution in [0.5, 0.6) is 0 Å². The van der Waals surface area contributed by atoms with Crippen LogP contribution in [0.25, 0.3) is 0 Å². The van der Waals surface area contributed by atoms with Gasteiger partial charge in [-0.05, 0) is 24.2 Å². The zero-order valence-corrected chi connectivity index (χ0v) is 9.59. The summed E-state index contributed by atoms with van der Waals surface area (Å²) in [4.78, 5) is 10.9. The zero-order chi connectivity index (χ0) is 9.23. The zero-order valence-electron chi connectivity index (χ0n) is 7.44. The van der Waals surface area contributed by atoms with Crippen molar-refractivity contribution >= 4 is 28.5 Å². The topological polar surface area (TPSA) is 38.3 Å². The smallest absolute Gasteiger partial charge is 0.245 e. The molecular weight excluding hydrogens is 269 g/mol. The summed E-state index contributed by atoms with van der Waals surface area (Å²) in [6, 6.07) is 0. The number of amides is 1. The van der Waals surface area contributed by atoms with Gasteiger partial charge in [0.15, 0.2) is 0 Å². The van der Waals surface area contributed by atoms with E-state index in [-0.39, 0.29) is 12.5 Å². The molecule has 0 unspecified atom stereocenters. The van der Waals surface area contributed by atoms with Gasteiger partial charge in [0.25, 0.3) is 0 Å². The van der Waals surface area contributed by atoms with E-state index in [1.165, 1.54) is 0 Å². The highest BCUT2D eigenvalue weighted by Crippen LogP contribution is 1.92. The van der Waals surface area contributed by atoms with E-state index in [1.54, 1.807) is 0 Å². The second-order valence-electron chi connectivity index (χ2n) is 2.38. The van der Waals surface area contributed by atoms with Gasteiger partial charge in [-0.1, -0.05) is 22.6 Å². The molecule has 72 valence electrons. The Bertz CT molecular complexity index is 120. The Kier molecular flexibility index (Phi) is 9.37. The number of carbonyl (C=O) groups excluding carboxylic acids is 1. The highest BCUT2D eigenvalue weighted by atomic mass is 127. The Labute approximate surface area is 87.4 Å². The lowest BCUT2D eigenvalue weighted by Crippen LogP contribution is -2.28. The molecule has 0 aromatic carbocycles. The summed E-state index contributed by atoms with van der Waals surface area (Å²) in [5.74, 6) is -0.00897. The van der Waals surface area contributed by atoms with Crippen molar-refractivity contribution in [3.8, 4) is 0 Å². The van der Waals surface area contributed by atoms with E-state index in [2.05, 4.69) is 27.9 Å². The summed E-state index contributed by atoms with van der Waals surface area (Å²) in [6.45, 7) is 3.44. The number of ether oxygens (including phenoxy) is 1. The maximum absolute atomic E-state index is 10.9. The molecule has 0 heterocycles. The SMILES string of the molecule is CCOCC(=O)NCCCCI. The van der Waals surface area contributed by atoms with Gasteiger partial charge in [0, 0.05) is 13.2 Å². The van der Waals surface area contributed by atoms with E-state index < -0.39 is 0 Å². The predicted octanol–water partition coefficient (Wildman–Crippen LogP) is 1.35. The van der Waals surface area contributed by atoms with Gasteiger partial charge in [-0.25, -0.2) is 0 Å². The van der Waals surface area contributed by atoms with Crippen LogP contribution in [0.1, 0.15) is 19.8 Å². The minimum absolute atomic E-state index is 0.00897. The second-order valence-corrected chi connectivity index (χ2v) is 3.46. The summed E-state index contributed by atoms with van der Waals surface area (Å²) < 4.78 is 6.09. The molecule has 0 saturated heterocycles. The van der Waals surface area contributed by atoms with Gasteiger partial charge in [0.1, 0.15) is 6.61 Å². The summed E-state index contributed by atoms with van der Waals surface area (Å²) in [5.41, 5.74) is 0. The molecule has 0 bridgehead atoms. The van der Waals surface area contributed by atoms with Crippen molar-refractivity contribution in [2.24, 2.45) is 0 Å². The lowest BCUT2D eigenvalue weighted by atomic mass is 10.3. The first-order valence-electron chi connectivity index (χ1n) is 4.21. The van der Waals surface area contributed by atoms with Crippen LogP contribution in [0.2, 0.25) is 0 Å². The summed E-state index contributed by atoms with van der Waals surface area (Å²) in [5, 5.41) is 2.78. The highest BCUT2D eigenvalue weighted by Gasteiger charge is 1.97. The van der Waals surface area contributed by atoms with Crippen molar-refractivity contribution < 1.29 is 9.53 Å². The van der Waals surface area contributed by atoms with Gasteiger partial charge in [-0.15, -0.1) is 0 Å². The van der Waals surface area contributed by atoms with Crippen molar-refractivity contribution in [1.82, 2.24) is 5.32 Å². The van der Waals surface area contributed by atoms with Crippen LogP contribution in [0.4, 0.5) is 0 Å². The quantitative estimate of drug-likeness (QED) is 0.436. The van der Waals surface area contributed by atoms with Crippen LogP contribution in [-0.2, 0) is 9.53 Å². The number of nitrogens with one attached hydrogen (secondary N) is 1. The molecule has 0 aliphatic rings. The molecule has 12 heavy (non-hydrogen) atoms. The minimum Gasteiger partial charge on any atom is -0.372 e. The van der Waals surface area contributed by atoms with Crippen LogP contribution in [0.3, 0.4) is 0 Å². The molecule has 1 amide bonds. The number of hydrogen-bond acceptors (Lipinski definition) is 2. The Hall–Kier alpha value is 0.160. The lowest BCUT2D eigenvalue weighted by Gasteiger charge is -2.03. The van der Waals surface area contributed by atoms with Crippen molar-refractivity contribution in [2.45, 2.75) is 19.8 Å². The van der Waals surface area contributed by atoms with Crippen LogP contribution in [0.15, 0.2) is 0 Å². The van der Waals surface area contributed by atoms with Crippen LogP contribution < -0.4 is 5.32 Å². The number of halogens is 1. The van der Waals surface area contributed by atoms with Crippen molar-refractivity contribution in [2.75, 3.05) is 24.2 Å². The normalized spacial score (nSPS) is 9.83. The predicted molar refractivity (Wildman–Crippen MR) is 57.6 cm³/mol. The average molecular weight is 285 g/mol. The summed E-state index contributed by atoms with van der Waals surface area (Å²) >= 11 is 2.33. The number of rotatable bonds is 7. The highest BCUT2D eigenvalue weighted by molar-refractivity contribution is 14.1. The molecule has 0 saturated carbocycles. The maximum Gasteiger partial charge on any atom is 0.245 e. The Morgan fingerprint density at radius 1 is 1.50 bits per heavy atom. The number of unbranched alkanes of at least 4 members (excludes halogenated alkanes) is 1. The number of alkyl halides is 1. The molecule has 0 aromatic heterocycles. The Morgan fingerprint density at radius 2 is 2.25 bits per heavy atom. The van der Waals surface area contributed by atoms with Crippen molar-refractivity contribution in [3.05, 3.63) is 0 Å². The third kappa shape index (κ3) is 8.26. The fourth-order valence-electron chi connectivity index (χ4n) is 0.693. The fourth-order valence-corrected chi connectivity index (χ4v) is 1.23. The third-order valence-electron chi connectivity index (χ3n) is 1.32. The first-order valence-corrected chi connectivity index (χ1v) is 5.74. The molecule has 0 aliphatic carbocycles. The molecule has 0 radical (unpaired) electrons. The molecule has 3 nitrogen and oxygen atoms in total. The van der Waals surface area contributed by atoms with E-state index >= 15 is 0 Å². The Balaban J connectivity index is 3.08. The molecule has 1 N–H and O–H groups in total. The van der Waals surface area contributed by atoms with Crippen LogP contribution in [0, 0.1) is 0 Å². The molecular formula is C8H16INO2. The van der Waals surface area contributed by atoms with E-state index in [0.717, 1.165) is 23.8 Å². The van der Waals surface area contributed by atoms with Gasteiger partial charge in [-0.3, -0.25) is 4.79 Å². The molecule has 4 heteroatoms. The average Bonchev–Trinajstić information content (AvgIpc) is 2.09. The van der Waals surface area contributed by atoms with Gasteiger partial charge in [-0.2, -0.15) is 0 Å². The van der Waals surface area contributed by atoms with E-state index in [0.29, 0.717) is 6.61 Å². The minimum atomic E-state index is -0.00897. The standard InChI is InChI=1S/C8H16INO2/c1-2-12-7-8(11)10-6-4-3-5-9/h2-7H2,1H3,(H,10,11). The fraction of sp³-hybridized carbons (Fsp3) is 0.875. The largest absolute Gasteiger partial charge is 0.372 e. The first kappa shape index (κ1) is 12.2. The first-order chi connectivity index (χ1) is 5.81. The van der Waals surface area contributed by atoms with Crippen molar-refractivity contribution in [3.63, 3.8) is 0 Å². The third-order valence-corrected chi connectivity index (χ3v) is 2.08. The summed E-state index contributed by atoms with van der Waals surface area (Å²) in [7, 11) is 0. The second kappa shape index (κ2) is 9.25. The molecule has 0 rings (SSSR count). The van der Waals surface area contributed by atoms with Gasteiger partial charge >= 0.3 is 0 Å². The van der Waals surface area contributed by atoms with E-state index in [4.69, 9.17) is 4.74 Å². The number of carbonyl (C=O) groups is 1. The lowest BCUT2D eigenvalue weighted by molar-refractivity contribution is -0.125. The van der Waals surface area contributed by atoms with Gasteiger partial charge in [0.05, 0.1) is 0 Å². The van der Waals surface area contributed by atoms with Crippen molar-refractivity contribution in [1.29, 1.82) is 0 Å². The molecule has 0 aliphatic heterocycles.